The third kappa shape index (κ3) is 5.11. The third-order valence-corrected chi connectivity index (χ3v) is 6.04. The second-order valence-electron chi connectivity index (χ2n) is 7.81. The standard InChI is InChI=1S/C25H26N4O2S/c1-17(2)27-24(30)20-9-7-18(8-10-20)16-32-25-28-22-11-12-26-14-23(22)29(25)15-19-5-4-6-21(13-19)31-3/h4-14,17H,15-16H2,1-3H3,(H,27,30). The summed E-state index contributed by atoms with van der Waals surface area (Å²) in [5.41, 5.74) is 4.86. The van der Waals surface area contributed by atoms with Crippen molar-refractivity contribution in [1.29, 1.82) is 0 Å². The molecule has 0 unspecified atom stereocenters. The van der Waals surface area contributed by atoms with Crippen LogP contribution in [-0.4, -0.2) is 33.6 Å². The number of hydrogen-bond acceptors (Lipinski definition) is 5. The number of nitrogens with one attached hydrogen (secondary N) is 1. The molecule has 6 nitrogen and oxygen atoms in total. The van der Waals surface area contributed by atoms with Crippen molar-refractivity contribution in [3.8, 4) is 5.75 Å². The molecule has 1 N–H and O–H groups in total. The fourth-order valence-electron chi connectivity index (χ4n) is 3.41. The molecule has 164 valence electrons. The minimum Gasteiger partial charge on any atom is -0.497 e. The van der Waals surface area contributed by atoms with Crippen molar-refractivity contribution in [3.63, 3.8) is 0 Å². The molecule has 7 heteroatoms. The molecule has 0 bridgehead atoms. The van der Waals surface area contributed by atoms with Crippen LogP contribution in [0.2, 0.25) is 0 Å². The van der Waals surface area contributed by atoms with Crippen LogP contribution < -0.4 is 10.1 Å². The zero-order valence-corrected chi connectivity index (χ0v) is 19.2. The van der Waals surface area contributed by atoms with E-state index in [1.165, 1.54) is 0 Å². The lowest BCUT2D eigenvalue weighted by atomic mass is 10.1. The van der Waals surface area contributed by atoms with Gasteiger partial charge in [-0.25, -0.2) is 4.98 Å². The van der Waals surface area contributed by atoms with E-state index in [2.05, 4.69) is 20.9 Å². The van der Waals surface area contributed by atoms with Crippen molar-refractivity contribution in [2.75, 3.05) is 7.11 Å². The summed E-state index contributed by atoms with van der Waals surface area (Å²) in [6.07, 6.45) is 3.62. The number of benzene rings is 2. The molecule has 0 aliphatic rings. The highest BCUT2D eigenvalue weighted by atomic mass is 32.2. The normalized spacial score (nSPS) is 11.1. The highest BCUT2D eigenvalue weighted by Crippen LogP contribution is 2.28. The van der Waals surface area contributed by atoms with Gasteiger partial charge in [-0.15, -0.1) is 0 Å². The number of carbonyl (C=O) groups is 1. The molecule has 2 heterocycles. The summed E-state index contributed by atoms with van der Waals surface area (Å²) in [7, 11) is 1.68. The van der Waals surface area contributed by atoms with E-state index >= 15 is 0 Å². The zero-order valence-electron chi connectivity index (χ0n) is 18.4. The second-order valence-corrected chi connectivity index (χ2v) is 8.75. The summed E-state index contributed by atoms with van der Waals surface area (Å²) < 4.78 is 7.56. The molecule has 0 atom stereocenters. The number of amides is 1. The molecule has 0 aliphatic carbocycles. The number of nitrogens with zero attached hydrogens (tertiary/aromatic N) is 3. The van der Waals surface area contributed by atoms with Crippen LogP contribution in [0, 0.1) is 0 Å². The third-order valence-electron chi connectivity index (χ3n) is 4.99. The van der Waals surface area contributed by atoms with E-state index in [1.807, 2.05) is 68.6 Å². The summed E-state index contributed by atoms with van der Waals surface area (Å²) in [6.45, 7) is 4.59. The summed E-state index contributed by atoms with van der Waals surface area (Å²) >= 11 is 1.67. The highest BCUT2D eigenvalue weighted by Gasteiger charge is 2.13. The Balaban J connectivity index is 1.54. The van der Waals surface area contributed by atoms with Crippen molar-refractivity contribution in [2.24, 2.45) is 0 Å². The smallest absolute Gasteiger partial charge is 0.251 e. The fourth-order valence-corrected chi connectivity index (χ4v) is 4.38. The Labute approximate surface area is 192 Å². The van der Waals surface area contributed by atoms with E-state index in [1.54, 1.807) is 25.1 Å². The average Bonchev–Trinajstić information content (AvgIpc) is 3.15. The molecule has 4 aromatic rings. The van der Waals surface area contributed by atoms with Crippen LogP contribution in [0.15, 0.2) is 72.1 Å². The lowest BCUT2D eigenvalue weighted by Crippen LogP contribution is -2.29. The fraction of sp³-hybridized carbons (Fsp3) is 0.240. The van der Waals surface area contributed by atoms with E-state index < -0.39 is 0 Å². The number of aromatic nitrogens is 3. The maximum absolute atomic E-state index is 12.2. The molecule has 4 rings (SSSR count). The first-order chi connectivity index (χ1) is 15.5. The number of ether oxygens (including phenoxy) is 1. The Bertz CT molecular complexity index is 1220. The largest absolute Gasteiger partial charge is 0.497 e. The molecule has 0 radical (unpaired) electrons. The molecular weight excluding hydrogens is 420 g/mol. The van der Waals surface area contributed by atoms with Gasteiger partial charge in [0.1, 0.15) is 5.75 Å². The SMILES string of the molecule is COc1cccc(Cn2c(SCc3ccc(C(=O)NC(C)C)cc3)nc3ccncc32)c1. The Hall–Kier alpha value is -3.32. The van der Waals surface area contributed by atoms with Gasteiger partial charge in [0.2, 0.25) is 0 Å². The van der Waals surface area contributed by atoms with Crippen molar-refractivity contribution >= 4 is 28.7 Å². The maximum atomic E-state index is 12.2. The van der Waals surface area contributed by atoms with E-state index in [9.17, 15) is 4.79 Å². The second kappa shape index (κ2) is 9.87. The van der Waals surface area contributed by atoms with Crippen LogP contribution in [0.4, 0.5) is 0 Å². The number of thioether (sulfide) groups is 1. The molecular formula is C25H26N4O2S. The molecule has 2 aromatic heterocycles. The predicted molar refractivity (Wildman–Crippen MR) is 128 cm³/mol. The van der Waals surface area contributed by atoms with Gasteiger partial charge in [-0.3, -0.25) is 9.78 Å². The Morgan fingerprint density at radius 2 is 1.94 bits per heavy atom. The van der Waals surface area contributed by atoms with E-state index in [0.717, 1.165) is 38.8 Å². The van der Waals surface area contributed by atoms with Gasteiger partial charge in [-0.05, 0) is 55.3 Å². The number of carbonyl (C=O) groups excluding carboxylic acids is 1. The number of imidazole rings is 1. The van der Waals surface area contributed by atoms with E-state index in [-0.39, 0.29) is 11.9 Å². The van der Waals surface area contributed by atoms with Gasteiger partial charge >= 0.3 is 0 Å². The van der Waals surface area contributed by atoms with Gasteiger partial charge in [0, 0.05) is 23.6 Å². The van der Waals surface area contributed by atoms with Crippen LogP contribution in [0.1, 0.15) is 35.3 Å². The topological polar surface area (TPSA) is 69.0 Å². The van der Waals surface area contributed by atoms with Gasteiger partial charge in [0.25, 0.3) is 5.91 Å². The molecule has 32 heavy (non-hydrogen) atoms. The van der Waals surface area contributed by atoms with Crippen LogP contribution >= 0.6 is 11.8 Å². The molecule has 1 amide bonds. The number of hydrogen-bond donors (Lipinski definition) is 1. The summed E-state index contributed by atoms with van der Waals surface area (Å²) in [5, 5.41) is 3.85. The van der Waals surface area contributed by atoms with Crippen LogP contribution in [0.3, 0.4) is 0 Å². The minimum absolute atomic E-state index is 0.0493. The van der Waals surface area contributed by atoms with Gasteiger partial charge in [0.15, 0.2) is 5.16 Å². The van der Waals surface area contributed by atoms with Crippen molar-refractivity contribution in [1.82, 2.24) is 19.9 Å². The lowest BCUT2D eigenvalue weighted by molar-refractivity contribution is 0.0943. The predicted octanol–water partition coefficient (Wildman–Crippen LogP) is 4.92. The lowest BCUT2D eigenvalue weighted by Gasteiger charge is -2.11. The monoisotopic (exact) mass is 446 g/mol. The molecule has 0 fully saturated rings. The molecule has 0 saturated carbocycles. The number of fused-ring (bicyclic) bond motifs is 1. The Kier molecular flexibility index (Phi) is 6.75. The number of rotatable bonds is 8. The summed E-state index contributed by atoms with van der Waals surface area (Å²) in [5.74, 6) is 1.54. The zero-order chi connectivity index (χ0) is 22.5. The van der Waals surface area contributed by atoms with Crippen molar-refractivity contribution in [2.45, 2.75) is 37.3 Å². The number of pyridine rings is 1. The van der Waals surface area contributed by atoms with Crippen LogP contribution in [0.5, 0.6) is 5.75 Å². The maximum Gasteiger partial charge on any atom is 0.251 e. The summed E-state index contributed by atoms with van der Waals surface area (Å²) in [6, 6.07) is 17.9. The number of methoxy groups -OCH3 is 1. The van der Waals surface area contributed by atoms with Crippen LogP contribution in [0.25, 0.3) is 11.0 Å². The quantitative estimate of drug-likeness (QED) is 0.389. The average molecular weight is 447 g/mol. The molecule has 0 spiro atoms. The first kappa shape index (κ1) is 21.9. The van der Waals surface area contributed by atoms with E-state index in [0.29, 0.717) is 12.1 Å². The van der Waals surface area contributed by atoms with E-state index in [4.69, 9.17) is 9.72 Å². The Morgan fingerprint density at radius 3 is 2.69 bits per heavy atom. The van der Waals surface area contributed by atoms with Crippen LogP contribution in [-0.2, 0) is 12.3 Å². The first-order valence-corrected chi connectivity index (χ1v) is 11.5. The first-order valence-electron chi connectivity index (χ1n) is 10.5. The van der Waals surface area contributed by atoms with Crippen molar-refractivity contribution in [3.05, 3.63) is 83.7 Å². The van der Waals surface area contributed by atoms with Crippen molar-refractivity contribution < 1.29 is 9.53 Å². The Morgan fingerprint density at radius 1 is 1.12 bits per heavy atom. The van der Waals surface area contributed by atoms with Gasteiger partial charge in [0.05, 0.1) is 30.9 Å². The molecule has 0 aliphatic heterocycles. The molecule has 0 saturated heterocycles. The summed E-state index contributed by atoms with van der Waals surface area (Å²) in [4.78, 5) is 21.3. The molecule has 2 aromatic carbocycles. The highest BCUT2D eigenvalue weighted by molar-refractivity contribution is 7.98. The van der Waals surface area contributed by atoms with Gasteiger partial charge < -0.3 is 14.6 Å². The van der Waals surface area contributed by atoms with Gasteiger partial charge in [-0.1, -0.05) is 36.0 Å². The minimum atomic E-state index is -0.0493. The van der Waals surface area contributed by atoms with Gasteiger partial charge in [-0.2, -0.15) is 0 Å².